The summed E-state index contributed by atoms with van der Waals surface area (Å²) in [5.74, 6) is 0.786. The fraction of sp³-hybridized carbons (Fsp3) is 0.412. The summed E-state index contributed by atoms with van der Waals surface area (Å²) in [7, 11) is 0. The van der Waals surface area contributed by atoms with Crippen LogP contribution < -0.4 is 0 Å². The molecule has 0 spiro atoms. The van der Waals surface area contributed by atoms with Crippen LogP contribution in [0.4, 0.5) is 0 Å². The van der Waals surface area contributed by atoms with E-state index in [1.54, 1.807) is 11.8 Å². The Hall–Kier alpha value is -1.04. The summed E-state index contributed by atoms with van der Waals surface area (Å²) >= 11 is 13.8. The van der Waals surface area contributed by atoms with Crippen molar-refractivity contribution in [2.75, 3.05) is 13.1 Å². The van der Waals surface area contributed by atoms with Crippen molar-refractivity contribution in [3.63, 3.8) is 0 Å². The van der Waals surface area contributed by atoms with Crippen molar-refractivity contribution < 1.29 is 0 Å². The number of rotatable bonds is 4. The van der Waals surface area contributed by atoms with Gasteiger partial charge < -0.3 is 4.90 Å². The largest absolute Gasteiger partial charge is 0.358 e. The molecule has 0 N–H and O–H groups in total. The lowest BCUT2D eigenvalue weighted by atomic mass is 10.2. The SMILES string of the molecule is Cc1nn(Cc2ccccc2)c(Cl)c1CSC(=S)N1CCCC1. The number of benzene rings is 1. The Kier molecular flexibility index (Phi) is 5.62. The summed E-state index contributed by atoms with van der Waals surface area (Å²) in [5.41, 5.74) is 3.28. The molecule has 0 amide bonds. The number of nitrogens with zero attached hydrogens (tertiary/aromatic N) is 3. The van der Waals surface area contributed by atoms with Gasteiger partial charge in [0.05, 0.1) is 12.2 Å². The first-order chi connectivity index (χ1) is 11.1. The molecule has 1 saturated heterocycles. The van der Waals surface area contributed by atoms with E-state index in [-0.39, 0.29) is 0 Å². The number of likely N-dealkylation sites (tertiary alicyclic amines) is 1. The number of thiocarbonyl (C=S) groups is 1. The summed E-state index contributed by atoms with van der Waals surface area (Å²) < 4.78 is 2.86. The molecular weight excluding hydrogens is 346 g/mol. The molecule has 1 aliphatic heterocycles. The average molecular weight is 366 g/mol. The number of hydrogen-bond acceptors (Lipinski definition) is 3. The Labute approximate surface area is 152 Å². The molecular formula is C17H20ClN3S2. The van der Waals surface area contributed by atoms with Crippen LogP contribution in [0.1, 0.15) is 29.7 Å². The molecule has 1 aliphatic rings. The van der Waals surface area contributed by atoms with Gasteiger partial charge in [0.1, 0.15) is 9.47 Å². The van der Waals surface area contributed by atoms with Crippen LogP contribution in [0.25, 0.3) is 0 Å². The molecule has 1 aromatic carbocycles. The minimum Gasteiger partial charge on any atom is -0.358 e. The van der Waals surface area contributed by atoms with Crippen molar-refractivity contribution in [2.45, 2.75) is 32.1 Å². The van der Waals surface area contributed by atoms with Gasteiger partial charge in [-0.1, -0.05) is 65.9 Å². The number of aryl methyl sites for hydroxylation is 1. The highest BCUT2D eigenvalue weighted by Crippen LogP contribution is 2.27. The number of thioether (sulfide) groups is 1. The van der Waals surface area contributed by atoms with E-state index in [2.05, 4.69) is 22.1 Å². The number of hydrogen-bond donors (Lipinski definition) is 0. The Bertz CT molecular complexity index is 679. The molecule has 6 heteroatoms. The Balaban J connectivity index is 1.67. The van der Waals surface area contributed by atoms with Crippen molar-refractivity contribution in [1.29, 1.82) is 0 Å². The second-order valence-electron chi connectivity index (χ2n) is 5.75. The minimum atomic E-state index is 0.696. The first-order valence-electron chi connectivity index (χ1n) is 7.82. The molecule has 2 heterocycles. The van der Waals surface area contributed by atoms with E-state index in [9.17, 15) is 0 Å². The molecule has 0 radical (unpaired) electrons. The van der Waals surface area contributed by atoms with Crippen molar-refractivity contribution in [2.24, 2.45) is 0 Å². The van der Waals surface area contributed by atoms with E-state index in [4.69, 9.17) is 23.8 Å². The number of aromatic nitrogens is 2. The van der Waals surface area contributed by atoms with Crippen LogP contribution in [-0.2, 0) is 12.3 Å². The van der Waals surface area contributed by atoms with Gasteiger partial charge in [0.25, 0.3) is 0 Å². The third kappa shape index (κ3) is 4.08. The molecule has 23 heavy (non-hydrogen) atoms. The Morgan fingerprint density at radius 3 is 2.65 bits per heavy atom. The van der Waals surface area contributed by atoms with Crippen molar-refractivity contribution in [3.05, 3.63) is 52.3 Å². The van der Waals surface area contributed by atoms with Crippen LogP contribution in [-0.4, -0.2) is 32.1 Å². The Morgan fingerprint density at radius 1 is 1.26 bits per heavy atom. The smallest absolute Gasteiger partial charge is 0.136 e. The molecule has 3 rings (SSSR count). The molecule has 0 aliphatic carbocycles. The maximum Gasteiger partial charge on any atom is 0.136 e. The maximum atomic E-state index is 6.55. The van der Waals surface area contributed by atoms with Gasteiger partial charge in [0.2, 0.25) is 0 Å². The second kappa shape index (κ2) is 7.69. The zero-order valence-corrected chi connectivity index (χ0v) is 15.6. The standard InChI is InChI=1S/C17H20ClN3S2/c1-13-15(12-23-17(22)20-9-5-6-10-20)16(18)21(19-13)11-14-7-3-2-4-8-14/h2-4,7-8H,5-6,9-12H2,1H3. The van der Waals surface area contributed by atoms with E-state index in [1.165, 1.54) is 18.4 Å². The van der Waals surface area contributed by atoms with E-state index in [0.29, 0.717) is 6.54 Å². The van der Waals surface area contributed by atoms with Crippen LogP contribution in [0, 0.1) is 6.92 Å². The van der Waals surface area contributed by atoms with Gasteiger partial charge in [0.15, 0.2) is 0 Å². The zero-order valence-electron chi connectivity index (χ0n) is 13.2. The lowest BCUT2D eigenvalue weighted by Crippen LogP contribution is -2.23. The predicted molar refractivity (Wildman–Crippen MR) is 102 cm³/mol. The summed E-state index contributed by atoms with van der Waals surface area (Å²) in [6.45, 7) is 4.89. The van der Waals surface area contributed by atoms with Gasteiger partial charge in [-0.15, -0.1) is 0 Å². The van der Waals surface area contributed by atoms with Gasteiger partial charge in [-0.05, 0) is 25.3 Å². The first-order valence-corrected chi connectivity index (χ1v) is 9.60. The quantitative estimate of drug-likeness (QED) is 0.743. The van der Waals surface area contributed by atoms with Crippen molar-refractivity contribution in [1.82, 2.24) is 14.7 Å². The number of halogens is 1. The van der Waals surface area contributed by atoms with Gasteiger partial charge in [-0.2, -0.15) is 5.10 Å². The average Bonchev–Trinajstić information content (AvgIpc) is 3.17. The topological polar surface area (TPSA) is 21.1 Å². The highest BCUT2D eigenvalue weighted by Gasteiger charge is 2.18. The van der Waals surface area contributed by atoms with Gasteiger partial charge in [0, 0.05) is 24.4 Å². The summed E-state index contributed by atoms with van der Waals surface area (Å²) in [4.78, 5) is 2.29. The van der Waals surface area contributed by atoms with Gasteiger partial charge in [-0.25, -0.2) is 4.68 Å². The second-order valence-corrected chi connectivity index (χ2v) is 7.71. The lowest BCUT2D eigenvalue weighted by Gasteiger charge is -2.17. The fourth-order valence-corrected chi connectivity index (χ4v) is 4.46. The zero-order chi connectivity index (χ0) is 16.2. The van der Waals surface area contributed by atoms with Gasteiger partial charge in [-0.3, -0.25) is 0 Å². The molecule has 0 saturated carbocycles. The summed E-state index contributed by atoms with van der Waals surface area (Å²) in [6.07, 6.45) is 2.49. The highest BCUT2D eigenvalue weighted by molar-refractivity contribution is 8.22. The monoisotopic (exact) mass is 365 g/mol. The van der Waals surface area contributed by atoms with E-state index >= 15 is 0 Å². The third-order valence-corrected chi connectivity index (χ3v) is 6.04. The maximum absolute atomic E-state index is 6.55. The molecule has 0 bridgehead atoms. The van der Waals surface area contributed by atoms with Crippen LogP contribution >= 0.6 is 35.6 Å². The fourth-order valence-electron chi connectivity index (χ4n) is 2.74. The molecule has 122 valence electrons. The van der Waals surface area contributed by atoms with Crippen LogP contribution in [0.5, 0.6) is 0 Å². The summed E-state index contributed by atoms with van der Waals surface area (Å²) in [5, 5.41) is 5.32. The molecule has 3 nitrogen and oxygen atoms in total. The molecule has 0 atom stereocenters. The van der Waals surface area contributed by atoms with E-state index in [1.807, 2.05) is 29.8 Å². The molecule has 0 unspecified atom stereocenters. The Morgan fingerprint density at radius 2 is 1.96 bits per heavy atom. The van der Waals surface area contributed by atoms with E-state index < -0.39 is 0 Å². The van der Waals surface area contributed by atoms with Gasteiger partial charge >= 0.3 is 0 Å². The van der Waals surface area contributed by atoms with Crippen LogP contribution in [0.2, 0.25) is 5.15 Å². The highest BCUT2D eigenvalue weighted by atomic mass is 35.5. The molecule has 1 fully saturated rings. The minimum absolute atomic E-state index is 0.696. The normalized spacial score (nSPS) is 14.4. The lowest BCUT2D eigenvalue weighted by molar-refractivity contribution is 0.539. The molecule has 2 aromatic rings. The van der Waals surface area contributed by atoms with Crippen LogP contribution in [0.15, 0.2) is 30.3 Å². The third-order valence-electron chi connectivity index (χ3n) is 4.06. The summed E-state index contributed by atoms with van der Waals surface area (Å²) in [6, 6.07) is 10.3. The van der Waals surface area contributed by atoms with Crippen LogP contribution in [0.3, 0.4) is 0 Å². The predicted octanol–water partition coefficient (Wildman–Crippen LogP) is 4.51. The van der Waals surface area contributed by atoms with Crippen molar-refractivity contribution in [3.8, 4) is 0 Å². The van der Waals surface area contributed by atoms with E-state index in [0.717, 1.165) is 39.6 Å². The first kappa shape index (κ1) is 16.8. The van der Waals surface area contributed by atoms with Crippen molar-refractivity contribution >= 4 is 39.9 Å². The molecule has 1 aromatic heterocycles.